The lowest BCUT2D eigenvalue weighted by molar-refractivity contribution is -0.137. The van der Waals surface area contributed by atoms with Gasteiger partial charge in [0.15, 0.2) is 0 Å². The summed E-state index contributed by atoms with van der Waals surface area (Å²) in [6.07, 6.45) is 2.63. The number of carboxylic acid groups (broad SMARTS) is 1. The molecular weight excluding hydrogens is 264 g/mol. The van der Waals surface area contributed by atoms with Crippen molar-refractivity contribution < 1.29 is 24.2 Å². The maximum Gasteiger partial charge on any atom is 0.317 e. The van der Waals surface area contributed by atoms with Crippen molar-refractivity contribution in [2.45, 2.75) is 37.3 Å². The number of aliphatic carboxylic acids is 1. The zero-order chi connectivity index (χ0) is 14.6. The number of amides is 2. The molecule has 2 N–H and O–H groups in total. The van der Waals surface area contributed by atoms with E-state index in [2.05, 4.69) is 5.32 Å². The molecule has 1 aliphatic heterocycles. The van der Waals surface area contributed by atoms with Gasteiger partial charge in [0.25, 0.3) is 0 Å². The van der Waals surface area contributed by atoms with Gasteiger partial charge in [-0.3, -0.25) is 4.79 Å². The van der Waals surface area contributed by atoms with Crippen LogP contribution in [0.25, 0.3) is 0 Å². The van der Waals surface area contributed by atoms with E-state index in [9.17, 15) is 9.59 Å². The van der Waals surface area contributed by atoms with Gasteiger partial charge < -0.3 is 24.8 Å². The van der Waals surface area contributed by atoms with E-state index in [0.29, 0.717) is 19.8 Å². The van der Waals surface area contributed by atoms with Crippen LogP contribution >= 0.6 is 0 Å². The van der Waals surface area contributed by atoms with E-state index in [1.54, 1.807) is 12.0 Å². The highest BCUT2D eigenvalue weighted by Crippen LogP contribution is 2.27. The van der Waals surface area contributed by atoms with Gasteiger partial charge in [0, 0.05) is 32.7 Å². The molecule has 7 nitrogen and oxygen atoms in total. The molecule has 0 aromatic heterocycles. The quantitative estimate of drug-likeness (QED) is 0.709. The molecule has 7 heteroatoms. The van der Waals surface area contributed by atoms with E-state index in [-0.39, 0.29) is 25.0 Å². The molecule has 1 saturated carbocycles. The zero-order valence-corrected chi connectivity index (χ0v) is 11.8. The Morgan fingerprint density at radius 1 is 1.50 bits per heavy atom. The minimum Gasteiger partial charge on any atom is -0.481 e. The average Bonchev–Trinajstić information content (AvgIpc) is 3.15. The predicted molar refractivity (Wildman–Crippen MR) is 70.6 cm³/mol. The van der Waals surface area contributed by atoms with E-state index in [1.807, 2.05) is 0 Å². The van der Waals surface area contributed by atoms with Gasteiger partial charge in [-0.25, -0.2) is 4.79 Å². The molecule has 2 rings (SSSR count). The van der Waals surface area contributed by atoms with Crippen molar-refractivity contribution in [1.82, 2.24) is 10.2 Å². The minimum atomic E-state index is -0.888. The Balaban J connectivity index is 1.83. The minimum absolute atomic E-state index is 0.0253. The largest absolute Gasteiger partial charge is 0.481 e. The second-order valence-electron chi connectivity index (χ2n) is 5.42. The third-order valence-electron chi connectivity index (χ3n) is 3.88. The Labute approximate surface area is 118 Å². The normalized spacial score (nSPS) is 25.4. The molecular formula is C13H22N2O5. The van der Waals surface area contributed by atoms with E-state index < -0.39 is 11.6 Å². The summed E-state index contributed by atoms with van der Waals surface area (Å²) in [6.45, 7) is 1.75. The number of hydrogen-bond donors (Lipinski definition) is 2. The van der Waals surface area contributed by atoms with Crippen LogP contribution < -0.4 is 5.32 Å². The van der Waals surface area contributed by atoms with Gasteiger partial charge in [0.05, 0.1) is 19.6 Å². The zero-order valence-electron chi connectivity index (χ0n) is 11.8. The molecule has 114 valence electrons. The van der Waals surface area contributed by atoms with Gasteiger partial charge in [-0.2, -0.15) is 0 Å². The molecule has 0 spiro atoms. The van der Waals surface area contributed by atoms with Gasteiger partial charge in [0.1, 0.15) is 5.60 Å². The number of ether oxygens (including phenoxy) is 2. The second kappa shape index (κ2) is 6.41. The van der Waals surface area contributed by atoms with E-state index in [0.717, 1.165) is 19.3 Å². The van der Waals surface area contributed by atoms with Crippen LogP contribution in [0.15, 0.2) is 0 Å². The van der Waals surface area contributed by atoms with Crippen molar-refractivity contribution in [1.29, 1.82) is 0 Å². The van der Waals surface area contributed by atoms with Crippen LogP contribution in [0.4, 0.5) is 4.79 Å². The van der Waals surface area contributed by atoms with E-state index in [1.165, 1.54) is 0 Å². The Morgan fingerprint density at radius 3 is 2.75 bits per heavy atom. The fourth-order valence-electron chi connectivity index (χ4n) is 2.35. The van der Waals surface area contributed by atoms with Gasteiger partial charge in [-0.1, -0.05) is 0 Å². The lowest BCUT2D eigenvalue weighted by Gasteiger charge is -2.28. The molecule has 2 fully saturated rings. The topological polar surface area (TPSA) is 88.1 Å². The third-order valence-corrected chi connectivity index (χ3v) is 3.88. The number of rotatable bonds is 7. The lowest BCUT2D eigenvalue weighted by Crippen LogP contribution is -2.50. The van der Waals surface area contributed by atoms with E-state index in [4.69, 9.17) is 14.6 Å². The molecule has 20 heavy (non-hydrogen) atoms. The number of nitrogens with zero attached hydrogens (tertiary/aromatic N) is 1. The lowest BCUT2D eigenvalue weighted by atomic mass is 10.0. The molecule has 0 radical (unpaired) electrons. The Morgan fingerprint density at radius 2 is 2.25 bits per heavy atom. The number of carbonyl (C=O) groups is 2. The molecule has 0 aromatic carbocycles. The summed E-state index contributed by atoms with van der Waals surface area (Å²) >= 11 is 0. The van der Waals surface area contributed by atoms with Crippen LogP contribution in [-0.4, -0.2) is 67.1 Å². The molecule has 1 unspecified atom stereocenters. The SMILES string of the molecule is COC1(CNC(=O)N(CCC(=O)O)C2CC2)CCOC1. The predicted octanol–water partition coefficient (Wildman–Crippen LogP) is 0.441. The van der Waals surface area contributed by atoms with Gasteiger partial charge in [0.2, 0.25) is 0 Å². The molecule has 0 aromatic rings. The van der Waals surface area contributed by atoms with Gasteiger partial charge in [-0.05, 0) is 12.8 Å². The fourth-order valence-corrected chi connectivity index (χ4v) is 2.35. The van der Waals surface area contributed by atoms with Gasteiger partial charge in [-0.15, -0.1) is 0 Å². The Hall–Kier alpha value is -1.34. The second-order valence-corrected chi connectivity index (χ2v) is 5.42. The number of urea groups is 1. The standard InChI is InChI=1S/C13H22N2O5/c1-19-13(5-7-20-9-13)8-14-12(18)15(10-2-3-10)6-4-11(16)17/h10H,2-9H2,1H3,(H,14,18)(H,16,17). The van der Waals surface area contributed by atoms with Gasteiger partial charge >= 0.3 is 12.0 Å². The first-order valence-corrected chi connectivity index (χ1v) is 6.95. The average molecular weight is 286 g/mol. The molecule has 2 amide bonds. The van der Waals surface area contributed by atoms with Crippen molar-refractivity contribution in [2.24, 2.45) is 0 Å². The number of carboxylic acids is 1. The van der Waals surface area contributed by atoms with Crippen LogP contribution in [0.1, 0.15) is 25.7 Å². The van der Waals surface area contributed by atoms with Crippen molar-refractivity contribution >= 4 is 12.0 Å². The van der Waals surface area contributed by atoms with Crippen molar-refractivity contribution in [2.75, 3.05) is 33.4 Å². The highest BCUT2D eigenvalue weighted by atomic mass is 16.5. The number of nitrogens with one attached hydrogen (secondary N) is 1. The highest BCUT2D eigenvalue weighted by Gasteiger charge is 2.37. The summed E-state index contributed by atoms with van der Waals surface area (Å²) in [6, 6.07) is -0.0234. The third kappa shape index (κ3) is 3.83. The number of methoxy groups -OCH3 is 1. The highest BCUT2D eigenvalue weighted by molar-refractivity contribution is 5.76. The molecule has 1 atom stereocenters. The van der Waals surface area contributed by atoms with Crippen molar-refractivity contribution in [3.63, 3.8) is 0 Å². The molecule has 1 saturated heterocycles. The Kier molecular flexibility index (Phi) is 4.82. The van der Waals surface area contributed by atoms with Crippen LogP contribution in [0.5, 0.6) is 0 Å². The van der Waals surface area contributed by atoms with Crippen LogP contribution in [-0.2, 0) is 14.3 Å². The first-order chi connectivity index (χ1) is 9.56. The summed E-state index contributed by atoms with van der Waals surface area (Å²) in [4.78, 5) is 24.4. The summed E-state index contributed by atoms with van der Waals surface area (Å²) in [5.41, 5.74) is -0.447. The number of hydrogen-bond acceptors (Lipinski definition) is 4. The molecule has 1 aliphatic carbocycles. The first kappa shape index (κ1) is 15.1. The van der Waals surface area contributed by atoms with Crippen LogP contribution in [0, 0.1) is 0 Å². The molecule has 0 bridgehead atoms. The molecule has 2 aliphatic rings. The Bertz CT molecular complexity index is 364. The van der Waals surface area contributed by atoms with E-state index >= 15 is 0 Å². The number of carbonyl (C=O) groups excluding carboxylic acids is 1. The monoisotopic (exact) mass is 286 g/mol. The van der Waals surface area contributed by atoms with Crippen molar-refractivity contribution in [3.8, 4) is 0 Å². The first-order valence-electron chi connectivity index (χ1n) is 6.95. The van der Waals surface area contributed by atoms with Crippen LogP contribution in [0.3, 0.4) is 0 Å². The van der Waals surface area contributed by atoms with Crippen molar-refractivity contribution in [3.05, 3.63) is 0 Å². The summed E-state index contributed by atoms with van der Waals surface area (Å²) in [7, 11) is 1.62. The summed E-state index contributed by atoms with van der Waals surface area (Å²) < 4.78 is 10.8. The van der Waals surface area contributed by atoms with Crippen LogP contribution in [0.2, 0.25) is 0 Å². The maximum absolute atomic E-state index is 12.2. The smallest absolute Gasteiger partial charge is 0.317 e. The maximum atomic E-state index is 12.2. The fraction of sp³-hybridized carbons (Fsp3) is 0.846. The molecule has 1 heterocycles. The summed E-state index contributed by atoms with van der Waals surface area (Å²) in [5.74, 6) is -0.888. The summed E-state index contributed by atoms with van der Waals surface area (Å²) in [5, 5.41) is 11.6.